The van der Waals surface area contributed by atoms with E-state index in [2.05, 4.69) is 27.5 Å². The number of nitrogens with zero attached hydrogens (tertiary/aromatic N) is 2. The molecular weight excluding hydrogens is 276 g/mol. The molecule has 2 N–H and O–H groups in total. The third-order valence-electron chi connectivity index (χ3n) is 5.40. The Labute approximate surface area is 133 Å². The topological polar surface area (TPSA) is 53.2 Å². The van der Waals surface area contributed by atoms with Crippen molar-refractivity contribution in [2.75, 3.05) is 33.8 Å². The van der Waals surface area contributed by atoms with Gasteiger partial charge < -0.3 is 15.0 Å². The number of hydrogen-bond acceptors (Lipinski definition) is 4. The van der Waals surface area contributed by atoms with Crippen LogP contribution in [-0.4, -0.2) is 54.5 Å². The first-order valence-corrected chi connectivity index (χ1v) is 8.72. The van der Waals surface area contributed by atoms with Gasteiger partial charge in [0.2, 0.25) is 0 Å². The number of aromatic nitrogens is 2. The van der Waals surface area contributed by atoms with Crippen LogP contribution in [0.2, 0.25) is 0 Å². The van der Waals surface area contributed by atoms with E-state index in [0.29, 0.717) is 5.92 Å². The zero-order chi connectivity index (χ0) is 15.4. The second-order valence-electron chi connectivity index (χ2n) is 7.09. The lowest BCUT2D eigenvalue weighted by molar-refractivity contribution is -0.0824. The van der Waals surface area contributed by atoms with Gasteiger partial charge in [0.15, 0.2) is 0 Å². The Balaban J connectivity index is 1.58. The van der Waals surface area contributed by atoms with Crippen LogP contribution in [0.25, 0.3) is 0 Å². The SMILES string of the molecule is CNCCN(C)Cc1cn[nH]c1C1CCC2(CCCC2)OC1. The highest BCUT2D eigenvalue weighted by atomic mass is 16.5. The van der Waals surface area contributed by atoms with Gasteiger partial charge in [0.1, 0.15) is 0 Å². The standard InChI is InChI=1S/C17H30N4O/c1-18-9-10-21(2)12-15-11-19-20-16(15)14-5-8-17(22-13-14)6-3-4-7-17/h11,14,18H,3-10,12-13H2,1-2H3,(H,19,20). The summed E-state index contributed by atoms with van der Waals surface area (Å²) in [5, 5.41) is 10.7. The molecule has 2 heterocycles. The van der Waals surface area contributed by atoms with Crippen LogP contribution in [0.1, 0.15) is 55.7 Å². The normalized spacial score (nSPS) is 24.4. The molecule has 5 heteroatoms. The minimum atomic E-state index is 0.222. The van der Waals surface area contributed by atoms with Crippen LogP contribution in [0, 0.1) is 0 Å². The first kappa shape index (κ1) is 16.0. The number of rotatable bonds is 6. The third-order valence-corrected chi connectivity index (χ3v) is 5.40. The van der Waals surface area contributed by atoms with Gasteiger partial charge in [-0.25, -0.2) is 0 Å². The molecule has 3 rings (SSSR count). The van der Waals surface area contributed by atoms with E-state index in [4.69, 9.17) is 4.74 Å². The van der Waals surface area contributed by atoms with E-state index in [1.54, 1.807) is 0 Å². The van der Waals surface area contributed by atoms with Gasteiger partial charge in [0.05, 0.1) is 18.4 Å². The van der Waals surface area contributed by atoms with E-state index < -0.39 is 0 Å². The molecular formula is C17H30N4O. The summed E-state index contributed by atoms with van der Waals surface area (Å²) < 4.78 is 6.32. The van der Waals surface area contributed by atoms with Crippen LogP contribution in [0.4, 0.5) is 0 Å². The lowest BCUT2D eigenvalue weighted by atomic mass is 9.85. The maximum Gasteiger partial charge on any atom is 0.0683 e. The Kier molecular flexibility index (Phi) is 5.16. The van der Waals surface area contributed by atoms with E-state index in [9.17, 15) is 0 Å². The monoisotopic (exact) mass is 306 g/mol. The average molecular weight is 306 g/mol. The van der Waals surface area contributed by atoms with Crippen LogP contribution in [0.15, 0.2) is 6.20 Å². The van der Waals surface area contributed by atoms with Crippen LogP contribution < -0.4 is 5.32 Å². The molecule has 124 valence electrons. The molecule has 5 nitrogen and oxygen atoms in total. The van der Waals surface area contributed by atoms with E-state index in [-0.39, 0.29) is 5.60 Å². The lowest BCUT2D eigenvalue weighted by Crippen LogP contribution is -2.36. The summed E-state index contributed by atoms with van der Waals surface area (Å²) in [6, 6.07) is 0. The first-order valence-electron chi connectivity index (χ1n) is 8.72. The second-order valence-corrected chi connectivity index (χ2v) is 7.09. The van der Waals surface area contributed by atoms with Gasteiger partial charge in [0, 0.05) is 36.8 Å². The molecule has 0 amide bonds. The third kappa shape index (κ3) is 3.53. The van der Waals surface area contributed by atoms with Crippen LogP contribution in [-0.2, 0) is 11.3 Å². The van der Waals surface area contributed by atoms with Crippen molar-refractivity contribution in [3.05, 3.63) is 17.5 Å². The molecule has 1 aromatic rings. The van der Waals surface area contributed by atoms with E-state index in [0.717, 1.165) is 26.2 Å². The molecule has 22 heavy (non-hydrogen) atoms. The summed E-state index contributed by atoms with van der Waals surface area (Å²) >= 11 is 0. The number of ether oxygens (including phenoxy) is 1. The van der Waals surface area contributed by atoms with Gasteiger partial charge in [-0.05, 0) is 39.8 Å². The maximum absolute atomic E-state index is 6.32. The van der Waals surface area contributed by atoms with Crippen molar-refractivity contribution in [1.82, 2.24) is 20.4 Å². The molecule has 1 atom stereocenters. The van der Waals surface area contributed by atoms with Crippen molar-refractivity contribution in [1.29, 1.82) is 0 Å². The van der Waals surface area contributed by atoms with Crippen molar-refractivity contribution >= 4 is 0 Å². The Morgan fingerprint density at radius 3 is 2.91 bits per heavy atom. The molecule has 1 aliphatic carbocycles. The first-order chi connectivity index (χ1) is 10.7. The van der Waals surface area contributed by atoms with Crippen molar-refractivity contribution in [3.63, 3.8) is 0 Å². The quantitative estimate of drug-likeness (QED) is 0.846. The predicted molar refractivity (Wildman–Crippen MR) is 88.0 cm³/mol. The number of H-pyrrole nitrogens is 1. The van der Waals surface area contributed by atoms with Gasteiger partial charge in [-0.2, -0.15) is 5.10 Å². The fourth-order valence-electron chi connectivity index (χ4n) is 3.98. The predicted octanol–water partition coefficient (Wildman–Crippen LogP) is 2.27. The second kappa shape index (κ2) is 7.11. The summed E-state index contributed by atoms with van der Waals surface area (Å²) in [6.07, 6.45) is 9.66. The maximum atomic E-state index is 6.32. The Hall–Kier alpha value is -0.910. The molecule has 0 radical (unpaired) electrons. The molecule has 1 saturated carbocycles. The Morgan fingerprint density at radius 1 is 1.41 bits per heavy atom. The van der Waals surface area contributed by atoms with Gasteiger partial charge in [-0.1, -0.05) is 12.8 Å². The average Bonchev–Trinajstić information content (AvgIpc) is 3.16. The van der Waals surface area contributed by atoms with Gasteiger partial charge in [-0.15, -0.1) is 0 Å². The van der Waals surface area contributed by atoms with Crippen LogP contribution in [0.3, 0.4) is 0 Å². The summed E-state index contributed by atoms with van der Waals surface area (Å²) in [4.78, 5) is 2.34. The molecule has 0 bridgehead atoms. The van der Waals surface area contributed by atoms with Crippen molar-refractivity contribution in [2.45, 2.75) is 56.6 Å². The lowest BCUT2D eigenvalue weighted by Gasteiger charge is -2.37. The number of likely N-dealkylation sites (N-methyl/N-ethyl adjacent to an activating group) is 2. The zero-order valence-electron chi connectivity index (χ0n) is 14.0. The van der Waals surface area contributed by atoms with Gasteiger partial charge in [-0.3, -0.25) is 5.10 Å². The summed E-state index contributed by atoms with van der Waals surface area (Å²) in [5.74, 6) is 0.487. The zero-order valence-corrected chi connectivity index (χ0v) is 14.0. The van der Waals surface area contributed by atoms with Crippen molar-refractivity contribution in [2.24, 2.45) is 0 Å². The van der Waals surface area contributed by atoms with Crippen molar-refractivity contribution < 1.29 is 4.74 Å². The van der Waals surface area contributed by atoms with Gasteiger partial charge in [0.25, 0.3) is 0 Å². The number of hydrogen-bond donors (Lipinski definition) is 2. The molecule has 2 aliphatic rings. The smallest absolute Gasteiger partial charge is 0.0683 e. The highest BCUT2D eigenvalue weighted by molar-refractivity contribution is 5.21. The summed E-state index contributed by atoms with van der Waals surface area (Å²) in [5.41, 5.74) is 2.85. The molecule has 2 fully saturated rings. The van der Waals surface area contributed by atoms with Crippen LogP contribution in [0.5, 0.6) is 0 Å². The molecule has 0 aromatic carbocycles. The Morgan fingerprint density at radius 2 is 2.23 bits per heavy atom. The fraction of sp³-hybridized carbons (Fsp3) is 0.824. The molecule has 1 unspecified atom stereocenters. The van der Waals surface area contributed by atoms with Gasteiger partial charge >= 0.3 is 0 Å². The highest BCUT2D eigenvalue weighted by Crippen LogP contribution is 2.43. The van der Waals surface area contributed by atoms with E-state index in [1.165, 1.54) is 49.8 Å². The molecule has 1 aromatic heterocycles. The molecule has 1 spiro atoms. The van der Waals surface area contributed by atoms with E-state index >= 15 is 0 Å². The minimum Gasteiger partial charge on any atom is -0.374 e. The van der Waals surface area contributed by atoms with Crippen molar-refractivity contribution in [3.8, 4) is 0 Å². The van der Waals surface area contributed by atoms with E-state index in [1.807, 2.05) is 13.2 Å². The highest BCUT2D eigenvalue weighted by Gasteiger charge is 2.39. The van der Waals surface area contributed by atoms with Crippen LogP contribution >= 0.6 is 0 Å². The number of nitrogens with one attached hydrogen (secondary N) is 2. The Bertz CT molecular complexity index is 457. The summed E-state index contributed by atoms with van der Waals surface area (Å²) in [7, 11) is 4.16. The fourth-order valence-corrected chi connectivity index (χ4v) is 3.98. The summed E-state index contributed by atoms with van der Waals surface area (Å²) in [6.45, 7) is 3.87. The minimum absolute atomic E-state index is 0.222. The molecule has 1 saturated heterocycles. The number of aromatic amines is 1. The molecule has 1 aliphatic heterocycles. The largest absolute Gasteiger partial charge is 0.374 e.